The van der Waals surface area contributed by atoms with Crippen LogP contribution in [-0.4, -0.2) is 20.1 Å². The Morgan fingerprint density at radius 2 is 1.83 bits per heavy atom. The fourth-order valence-corrected chi connectivity index (χ4v) is 2.57. The van der Waals surface area contributed by atoms with E-state index in [0.717, 1.165) is 0 Å². The largest absolute Gasteiger partial charge is 0.457 e. The van der Waals surface area contributed by atoms with Gasteiger partial charge in [0.05, 0.1) is 16.2 Å². The van der Waals surface area contributed by atoms with E-state index in [1.54, 1.807) is 31.2 Å². The second kappa shape index (κ2) is 5.49. The Morgan fingerprint density at radius 1 is 1.13 bits per heavy atom. The highest BCUT2D eigenvalue weighted by molar-refractivity contribution is 7.89. The fraction of sp³-hybridized carbons (Fsp3) is 0.0667. The maximum Gasteiger partial charge on any atom is 0.367 e. The predicted octanol–water partition coefficient (Wildman–Crippen LogP) is 1.91. The van der Waals surface area contributed by atoms with Gasteiger partial charge in [0.25, 0.3) is 0 Å². The molecule has 0 bridgehead atoms. The van der Waals surface area contributed by atoms with Crippen LogP contribution in [0.4, 0.5) is 0 Å². The molecule has 1 aromatic heterocycles. The van der Waals surface area contributed by atoms with E-state index < -0.39 is 16.0 Å². The van der Waals surface area contributed by atoms with Crippen molar-refractivity contribution in [1.29, 1.82) is 0 Å². The Labute approximate surface area is 132 Å². The number of carbonyl (C=O) groups is 1. The second-order valence-electron chi connectivity index (χ2n) is 4.88. The molecule has 1 aromatic carbocycles. The van der Waals surface area contributed by atoms with Crippen LogP contribution in [0.3, 0.4) is 0 Å². The van der Waals surface area contributed by atoms with Crippen molar-refractivity contribution in [3.8, 4) is 11.3 Å². The average molecular weight is 332 g/mol. The van der Waals surface area contributed by atoms with E-state index in [-0.39, 0.29) is 4.90 Å². The lowest BCUT2D eigenvalue weighted by atomic mass is 10.1. The number of oxime groups is 1. The van der Waals surface area contributed by atoms with Gasteiger partial charge < -0.3 is 9.25 Å². The van der Waals surface area contributed by atoms with E-state index in [1.165, 1.54) is 18.2 Å². The van der Waals surface area contributed by atoms with Crippen LogP contribution in [0.25, 0.3) is 17.4 Å². The van der Waals surface area contributed by atoms with Crippen LogP contribution in [0.2, 0.25) is 0 Å². The number of benzene rings is 1. The number of hydrogen-bond acceptors (Lipinski definition) is 6. The topological polar surface area (TPSA) is 112 Å². The van der Waals surface area contributed by atoms with E-state index in [4.69, 9.17) is 9.56 Å². The molecular formula is C15H12N2O5S. The zero-order valence-corrected chi connectivity index (χ0v) is 12.8. The summed E-state index contributed by atoms with van der Waals surface area (Å²) in [5, 5.41) is 8.63. The summed E-state index contributed by atoms with van der Waals surface area (Å²) in [5.74, 6) is 0.454. The number of hydrogen-bond donors (Lipinski definition) is 1. The lowest BCUT2D eigenvalue weighted by Crippen LogP contribution is -2.11. The lowest BCUT2D eigenvalue weighted by molar-refractivity contribution is -0.136. The molecule has 0 unspecified atom stereocenters. The molecule has 0 atom stereocenters. The van der Waals surface area contributed by atoms with Crippen molar-refractivity contribution in [1.82, 2.24) is 0 Å². The van der Waals surface area contributed by atoms with E-state index in [9.17, 15) is 13.2 Å². The van der Waals surface area contributed by atoms with Crippen LogP contribution in [0.15, 0.2) is 56.4 Å². The number of nitrogens with zero attached hydrogens (tertiary/aromatic N) is 1. The van der Waals surface area contributed by atoms with Crippen LogP contribution < -0.4 is 5.14 Å². The van der Waals surface area contributed by atoms with Crippen molar-refractivity contribution >= 4 is 27.8 Å². The van der Waals surface area contributed by atoms with Gasteiger partial charge in [0.15, 0.2) is 0 Å². The third-order valence-electron chi connectivity index (χ3n) is 3.26. The van der Waals surface area contributed by atoms with Gasteiger partial charge in [-0.1, -0.05) is 5.16 Å². The Kier molecular flexibility index (Phi) is 3.63. The number of furan rings is 1. The number of primary sulfonamides is 1. The molecule has 3 rings (SSSR count). The monoisotopic (exact) mass is 332 g/mol. The Morgan fingerprint density at radius 3 is 2.39 bits per heavy atom. The molecule has 2 N–H and O–H groups in total. The first kappa shape index (κ1) is 15.2. The molecule has 0 amide bonds. The summed E-state index contributed by atoms with van der Waals surface area (Å²) in [5.41, 5.74) is 1.49. The maximum atomic E-state index is 11.5. The minimum absolute atomic E-state index is 0.0238. The summed E-state index contributed by atoms with van der Waals surface area (Å²) in [6.45, 7) is 1.66. The van der Waals surface area contributed by atoms with E-state index in [0.29, 0.717) is 28.4 Å². The molecule has 0 fully saturated rings. The standard InChI is InChI=1S/C15H12N2O5S/c1-9-13(15(18)22-17-9)8-11-4-7-14(21-11)10-2-5-12(6-3-10)23(16,19)20/h2-8H,1H3,(H2,16,19,20). The number of rotatable bonds is 3. The highest BCUT2D eigenvalue weighted by Gasteiger charge is 2.22. The molecule has 7 nitrogen and oxygen atoms in total. The summed E-state index contributed by atoms with van der Waals surface area (Å²) in [6.07, 6.45) is 1.54. The van der Waals surface area contributed by atoms with Gasteiger partial charge in [-0.05, 0) is 49.4 Å². The van der Waals surface area contributed by atoms with Crippen LogP contribution in [0.1, 0.15) is 12.7 Å². The van der Waals surface area contributed by atoms with Crippen LogP contribution >= 0.6 is 0 Å². The molecule has 1 aliphatic heterocycles. The van der Waals surface area contributed by atoms with E-state index >= 15 is 0 Å². The van der Waals surface area contributed by atoms with Crippen LogP contribution in [0, 0.1) is 0 Å². The zero-order valence-electron chi connectivity index (χ0n) is 12.0. The Bertz CT molecular complexity index is 937. The SMILES string of the molecule is CC1=NOC(=O)C1=Cc1ccc(-c2ccc(S(N)(=O)=O)cc2)o1. The van der Waals surface area contributed by atoms with Crippen molar-refractivity contribution in [3.63, 3.8) is 0 Å². The lowest BCUT2D eigenvalue weighted by Gasteiger charge is -2.00. The molecule has 0 saturated carbocycles. The van der Waals surface area contributed by atoms with E-state index in [2.05, 4.69) is 9.99 Å². The van der Waals surface area contributed by atoms with Crippen molar-refractivity contribution in [2.75, 3.05) is 0 Å². The second-order valence-corrected chi connectivity index (χ2v) is 6.45. The molecule has 2 heterocycles. The Balaban J connectivity index is 1.89. The number of carbonyl (C=O) groups excluding carboxylic acids is 1. The first-order valence-electron chi connectivity index (χ1n) is 6.56. The molecule has 8 heteroatoms. The minimum atomic E-state index is -3.73. The Hall–Kier alpha value is -2.71. The fourth-order valence-electron chi connectivity index (χ4n) is 2.06. The molecule has 1 aliphatic rings. The third-order valence-corrected chi connectivity index (χ3v) is 4.19. The van der Waals surface area contributed by atoms with Crippen molar-refractivity contribution < 1.29 is 22.5 Å². The molecule has 2 aromatic rings. The van der Waals surface area contributed by atoms with Crippen LogP contribution in [-0.2, 0) is 19.7 Å². The van der Waals surface area contributed by atoms with Gasteiger partial charge in [0.1, 0.15) is 11.5 Å². The number of sulfonamides is 1. The average Bonchev–Trinajstić information content (AvgIpc) is 3.09. The zero-order chi connectivity index (χ0) is 16.6. The van der Waals surface area contributed by atoms with Gasteiger partial charge in [-0.25, -0.2) is 18.4 Å². The van der Waals surface area contributed by atoms with Gasteiger partial charge in [-0.15, -0.1) is 0 Å². The summed E-state index contributed by atoms with van der Waals surface area (Å²) in [4.78, 5) is 16.1. The van der Waals surface area contributed by atoms with Gasteiger partial charge in [-0.3, -0.25) is 0 Å². The van der Waals surface area contributed by atoms with Crippen molar-refractivity contribution in [3.05, 3.63) is 47.7 Å². The minimum Gasteiger partial charge on any atom is -0.457 e. The number of nitrogens with two attached hydrogens (primary N) is 1. The molecule has 0 radical (unpaired) electrons. The third kappa shape index (κ3) is 3.08. The summed E-state index contributed by atoms with van der Waals surface area (Å²) < 4.78 is 28.1. The maximum absolute atomic E-state index is 11.5. The molecular weight excluding hydrogens is 320 g/mol. The quantitative estimate of drug-likeness (QED) is 0.681. The highest BCUT2D eigenvalue weighted by atomic mass is 32.2. The van der Waals surface area contributed by atoms with Crippen LogP contribution in [0.5, 0.6) is 0 Å². The summed E-state index contributed by atoms with van der Waals surface area (Å²) >= 11 is 0. The molecule has 118 valence electrons. The van der Waals surface area contributed by atoms with E-state index in [1.807, 2.05) is 0 Å². The molecule has 23 heavy (non-hydrogen) atoms. The molecule has 0 spiro atoms. The summed E-state index contributed by atoms with van der Waals surface area (Å²) in [7, 11) is -3.73. The van der Waals surface area contributed by atoms with Gasteiger partial charge in [0, 0.05) is 5.56 Å². The van der Waals surface area contributed by atoms with Gasteiger partial charge in [0.2, 0.25) is 10.0 Å². The first-order valence-corrected chi connectivity index (χ1v) is 8.10. The highest BCUT2D eigenvalue weighted by Crippen LogP contribution is 2.25. The van der Waals surface area contributed by atoms with Crippen molar-refractivity contribution in [2.24, 2.45) is 10.3 Å². The normalized spacial score (nSPS) is 16.5. The molecule has 0 saturated heterocycles. The first-order chi connectivity index (χ1) is 10.8. The van der Waals surface area contributed by atoms with Crippen molar-refractivity contribution in [2.45, 2.75) is 11.8 Å². The van der Waals surface area contributed by atoms with Gasteiger partial charge in [-0.2, -0.15) is 0 Å². The smallest absolute Gasteiger partial charge is 0.367 e. The van der Waals surface area contributed by atoms with Gasteiger partial charge >= 0.3 is 5.97 Å². The predicted molar refractivity (Wildman–Crippen MR) is 82.7 cm³/mol. The molecule has 0 aliphatic carbocycles. The summed E-state index contributed by atoms with van der Waals surface area (Å²) in [6, 6.07) is 9.38.